The summed E-state index contributed by atoms with van der Waals surface area (Å²) < 4.78 is 2.77. The summed E-state index contributed by atoms with van der Waals surface area (Å²) in [6, 6.07) is 3.89. The highest BCUT2D eigenvalue weighted by Crippen LogP contribution is 2.20. The Hall–Kier alpha value is -1.23. The fraction of sp³-hybridized carbons (Fsp3) is 0.364. The lowest BCUT2D eigenvalue weighted by Gasteiger charge is -2.06. The fourth-order valence-corrected chi connectivity index (χ4v) is 2.08. The summed E-state index contributed by atoms with van der Waals surface area (Å²) in [6.45, 7) is 4.92. The molecule has 0 atom stereocenters. The highest BCUT2D eigenvalue weighted by atomic mass is 79.9. The molecule has 0 bridgehead atoms. The van der Waals surface area contributed by atoms with Crippen LogP contribution in [0.25, 0.3) is 11.4 Å². The Kier molecular flexibility index (Phi) is 3.33. The lowest BCUT2D eigenvalue weighted by atomic mass is 10.3. The van der Waals surface area contributed by atoms with Gasteiger partial charge in [0.15, 0.2) is 0 Å². The third kappa shape index (κ3) is 2.29. The molecule has 2 aromatic heterocycles. The van der Waals surface area contributed by atoms with Crippen LogP contribution in [-0.2, 0) is 6.54 Å². The van der Waals surface area contributed by atoms with Gasteiger partial charge in [-0.2, -0.15) is 5.10 Å². The first kappa shape index (κ1) is 11.3. The van der Waals surface area contributed by atoms with E-state index in [2.05, 4.69) is 37.9 Å². The van der Waals surface area contributed by atoms with Crippen molar-refractivity contribution in [1.82, 2.24) is 19.7 Å². The Labute approximate surface area is 103 Å². The van der Waals surface area contributed by atoms with Crippen LogP contribution in [0.5, 0.6) is 0 Å². The summed E-state index contributed by atoms with van der Waals surface area (Å²) in [5.41, 5.74) is 1.94. The molecule has 0 saturated carbocycles. The topological polar surface area (TPSA) is 43.6 Å². The predicted molar refractivity (Wildman–Crippen MR) is 66.0 cm³/mol. The van der Waals surface area contributed by atoms with Gasteiger partial charge in [-0.1, -0.05) is 6.92 Å². The van der Waals surface area contributed by atoms with Gasteiger partial charge >= 0.3 is 0 Å². The largest absolute Gasteiger partial charge is 0.263 e. The third-order valence-corrected chi connectivity index (χ3v) is 2.63. The van der Waals surface area contributed by atoms with Gasteiger partial charge in [0.25, 0.3) is 0 Å². The van der Waals surface area contributed by atoms with Gasteiger partial charge in [0.2, 0.25) is 0 Å². The van der Waals surface area contributed by atoms with Crippen LogP contribution < -0.4 is 0 Å². The molecule has 0 aromatic carbocycles. The zero-order valence-corrected chi connectivity index (χ0v) is 10.9. The zero-order chi connectivity index (χ0) is 11.5. The summed E-state index contributed by atoms with van der Waals surface area (Å²) in [5.74, 6) is 0.758. The lowest BCUT2D eigenvalue weighted by Crippen LogP contribution is -2.03. The average Bonchev–Trinajstić information content (AvgIpc) is 2.65. The van der Waals surface area contributed by atoms with Crippen LogP contribution in [0.2, 0.25) is 0 Å². The Morgan fingerprint density at radius 1 is 1.38 bits per heavy atom. The maximum Gasteiger partial charge on any atom is 0.127 e. The van der Waals surface area contributed by atoms with Crippen LogP contribution in [0.15, 0.2) is 22.9 Å². The van der Waals surface area contributed by atoms with Gasteiger partial charge in [-0.05, 0) is 41.4 Å². The molecule has 2 rings (SSSR count). The van der Waals surface area contributed by atoms with Crippen molar-refractivity contribution >= 4 is 15.9 Å². The first-order valence-corrected chi connectivity index (χ1v) is 6.03. The summed E-state index contributed by atoms with van der Waals surface area (Å²) in [7, 11) is 0. The van der Waals surface area contributed by atoms with E-state index in [1.54, 1.807) is 6.20 Å². The molecule has 84 valence electrons. The van der Waals surface area contributed by atoms with Crippen molar-refractivity contribution in [3.8, 4) is 11.4 Å². The number of rotatable bonds is 3. The number of hydrogen-bond donors (Lipinski definition) is 0. The molecule has 0 saturated heterocycles. The first-order chi connectivity index (χ1) is 7.70. The molecule has 16 heavy (non-hydrogen) atoms. The fourth-order valence-electron chi connectivity index (χ4n) is 1.60. The molecule has 0 aliphatic rings. The molecule has 5 heteroatoms. The van der Waals surface area contributed by atoms with Gasteiger partial charge in [-0.3, -0.25) is 4.68 Å². The Morgan fingerprint density at radius 3 is 2.88 bits per heavy atom. The van der Waals surface area contributed by atoms with Crippen molar-refractivity contribution in [2.24, 2.45) is 0 Å². The highest BCUT2D eigenvalue weighted by Gasteiger charge is 2.08. The van der Waals surface area contributed by atoms with E-state index in [0.29, 0.717) is 0 Å². The highest BCUT2D eigenvalue weighted by molar-refractivity contribution is 9.10. The average molecular weight is 281 g/mol. The van der Waals surface area contributed by atoms with E-state index >= 15 is 0 Å². The number of nitrogens with zero attached hydrogens (tertiary/aromatic N) is 4. The predicted octanol–water partition coefficient (Wildman–Crippen LogP) is 2.82. The van der Waals surface area contributed by atoms with Crippen LogP contribution in [0, 0.1) is 6.92 Å². The van der Waals surface area contributed by atoms with Crippen molar-refractivity contribution in [1.29, 1.82) is 0 Å². The molecular formula is C11H13BrN4. The van der Waals surface area contributed by atoms with E-state index < -0.39 is 0 Å². The van der Waals surface area contributed by atoms with Gasteiger partial charge in [-0.15, -0.1) is 0 Å². The van der Waals surface area contributed by atoms with Crippen LogP contribution in [0.4, 0.5) is 0 Å². The molecule has 0 unspecified atom stereocenters. The van der Waals surface area contributed by atoms with Crippen LogP contribution in [0.3, 0.4) is 0 Å². The van der Waals surface area contributed by atoms with E-state index in [1.807, 2.05) is 23.7 Å². The summed E-state index contributed by atoms with van der Waals surface area (Å²) in [5, 5.41) is 4.28. The van der Waals surface area contributed by atoms with E-state index in [1.165, 1.54) is 0 Å². The normalized spacial score (nSPS) is 10.7. The molecular weight excluding hydrogens is 268 g/mol. The van der Waals surface area contributed by atoms with Crippen LogP contribution in [0.1, 0.15) is 19.2 Å². The Balaban J connectivity index is 2.45. The second kappa shape index (κ2) is 4.74. The second-order valence-corrected chi connectivity index (χ2v) is 4.38. The molecule has 2 heterocycles. The number of halogens is 1. The molecule has 0 spiro atoms. The van der Waals surface area contributed by atoms with E-state index in [4.69, 9.17) is 0 Å². The molecule has 0 amide bonds. The molecule has 0 aliphatic heterocycles. The van der Waals surface area contributed by atoms with Crippen molar-refractivity contribution in [3.05, 3.63) is 28.8 Å². The van der Waals surface area contributed by atoms with Crippen molar-refractivity contribution in [2.45, 2.75) is 26.8 Å². The minimum Gasteiger partial charge on any atom is -0.263 e. The van der Waals surface area contributed by atoms with E-state index in [0.717, 1.165) is 34.8 Å². The number of aryl methyl sites for hydroxylation is 2. The van der Waals surface area contributed by atoms with E-state index in [9.17, 15) is 0 Å². The molecule has 0 aliphatic carbocycles. The lowest BCUT2D eigenvalue weighted by molar-refractivity contribution is 0.607. The first-order valence-electron chi connectivity index (χ1n) is 5.24. The third-order valence-electron chi connectivity index (χ3n) is 2.22. The number of aromatic nitrogens is 4. The van der Waals surface area contributed by atoms with Crippen LogP contribution >= 0.6 is 15.9 Å². The van der Waals surface area contributed by atoms with Gasteiger partial charge in [0.05, 0.1) is 11.4 Å². The summed E-state index contributed by atoms with van der Waals surface area (Å²) in [6.07, 6.45) is 2.86. The maximum absolute atomic E-state index is 4.42. The monoisotopic (exact) mass is 280 g/mol. The second-order valence-electron chi connectivity index (χ2n) is 3.56. The minimum atomic E-state index is 0.758. The zero-order valence-electron chi connectivity index (χ0n) is 9.31. The summed E-state index contributed by atoms with van der Waals surface area (Å²) >= 11 is 3.38. The van der Waals surface area contributed by atoms with Gasteiger partial charge in [-0.25, -0.2) is 9.97 Å². The molecule has 2 aromatic rings. The molecule has 0 N–H and O–H groups in total. The molecule has 4 nitrogen and oxygen atoms in total. The SMILES string of the molecule is CCCn1nccc1-c1cc(Br)nc(C)n1. The van der Waals surface area contributed by atoms with Gasteiger partial charge in [0.1, 0.15) is 10.4 Å². The Bertz CT molecular complexity index is 472. The minimum absolute atomic E-state index is 0.758. The quantitative estimate of drug-likeness (QED) is 0.812. The smallest absolute Gasteiger partial charge is 0.127 e. The maximum atomic E-state index is 4.42. The Morgan fingerprint density at radius 2 is 2.19 bits per heavy atom. The molecule has 0 fully saturated rings. The van der Waals surface area contributed by atoms with Gasteiger partial charge in [0, 0.05) is 12.7 Å². The van der Waals surface area contributed by atoms with Crippen molar-refractivity contribution < 1.29 is 0 Å². The summed E-state index contributed by atoms with van der Waals surface area (Å²) in [4.78, 5) is 8.61. The number of hydrogen-bond acceptors (Lipinski definition) is 3. The van der Waals surface area contributed by atoms with E-state index in [-0.39, 0.29) is 0 Å². The molecule has 0 radical (unpaired) electrons. The van der Waals surface area contributed by atoms with Crippen molar-refractivity contribution in [2.75, 3.05) is 0 Å². The van der Waals surface area contributed by atoms with Gasteiger partial charge < -0.3 is 0 Å². The standard InChI is InChI=1S/C11H13BrN4/c1-3-6-16-10(4-5-13-16)9-7-11(12)15-8(2)14-9/h4-5,7H,3,6H2,1-2H3. The van der Waals surface area contributed by atoms with Crippen LogP contribution in [-0.4, -0.2) is 19.7 Å². The van der Waals surface area contributed by atoms with Crippen molar-refractivity contribution in [3.63, 3.8) is 0 Å².